The van der Waals surface area contributed by atoms with E-state index in [1.54, 1.807) is 0 Å². The Bertz CT molecular complexity index is 868. The van der Waals surface area contributed by atoms with Crippen LogP contribution in [-0.2, 0) is 6.54 Å². The summed E-state index contributed by atoms with van der Waals surface area (Å²) in [6.07, 6.45) is 3.13. The van der Waals surface area contributed by atoms with Crippen LogP contribution in [0.15, 0.2) is 54.7 Å². The lowest BCUT2D eigenvalue weighted by Gasteiger charge is -2.31. The summed E-state index contributed by atoms with van der Waals surface area (Å²) in [4.78, 5) is 5.63. The van der Waals surface area contributed by atoms with Crippen molar-refractivity contribution in [2.24, 2.45) is 0 Å². The summed E-state index contributed by atoms with van der Waals surface area (Å²) in [5.74, 6) is 0. The fraction of sp³-hybridized carbons (Fsp3) is 0.286. The van der Waals surface area contributed by atoms with Gasteiger partial charge in [-0.1, -0.05) is 37.3 Å². The van der Waals surface area contributed by atoms with E-state index in [2.05, 4.69) is 84.6 Å². The molecule has 0 amide bonds. The summed E-state index contributed by atoms with van der Waals surface area (Å²) in [6.45, 7) is 7.30. The maximum Gasteiger partial charge on any atom is 0.173 e. The van der Waals surface area contributed by atoms with E-state index in [0.29, 0.717) is 6.04 Å². The Labute approximate surface area is 155 Å². The van der Waals surface area contributed by atoms with Crippen LogP contribution in [0.1, 0.15) is 31.4 Å². The topological polar surface area (TPSA) is 31.1 Å². The summed E-state index contributed by atoms with van der Waals surface area (Å²) >= 11 is 5.74. The molecule has 1 heterocycles. The number of aromatic amines is 1. The van der Waals surface area contributed by atoms with Gasteiger partial charge in [-0.05, 0) is 61.8 Å². The van der Waals surface area contributed by atoms with Gasteiger partial charge in [-0.3, -0.25) is 0 Å². The first-order valence-corrected chi connectivity index (χ1v) is 9.18. The molecule has 1 aromatic heterocycles. The highest BCUT2D eigenvalue weighted by Gasteiger charge is 2.18. The number of aryl methyl sites for hydroxylation is 1. The van der Waals surface area contributed by atoms with E-state index in [1.807, 2.05) is 6.07 Å². The molecule has 0 aliphatic rings. The molecule has 25 heavy (non-hydrogen) atoms. The molecule has 0 unspecified atom stereocenters. The van der Waals surface area contributed by atoms with Crippen molar-refractivity contribution >= 4 is 33.9 Å². The zero-order valence-electron chi connectivity index (χ0n) is 15.0. The predicted molar refractivity (Wildman–Crippen MR) is 111 cm³/mol. The molecule has 0 aliphatic heterocycles. The molecule has 0 bridgehead atoms. The van der Waals surface area contributed by atoms with Gasteiger partial charge < -0.3 is 15.2 Å². The minimum atomic E-state index is 0.360. The number of H-pyrrole nitrogens is 1. The molecule has 1 atom stereocenters. The minimum Gasteiger partial charge on any atom is -0.361 e. The lowest BCUT2D eigenvalue weighted by Crippen LogP contribution is -2.40. The van der Waals surface area contributed by atoms with Crippen molar-refractivity contribution in [2.45, 2.75) is 39.8 Å². The first-order valence-electron chi connectivity index (χ1n) is 8.77. The molecule has 2 aromatic carbocycles. The van der Waals surface area contributed by atoms with Crippen molar-refractivity contribution in [3.63, 3.8) is 0 Å². The number of para-hydroxylation sites is 1. The maximum atomic E-state index is 5.74. The molecular formula is C21H25N3S. The Morgan fingerprint density at radius 2 is 2.00 bits per heavy atom. The predicted octanol–water partition coefficient (Wildman–Crippen LogP) is 5.47. The van der Waals surface area contributed by atoms with Crippen LogP contribution in [0.3, 0.4) is 0 Å². The van der Waals surface area contributed by atoms with Crippen LogP contribution in [-0.4, -0.2) is 21.0 Å². The zero-order chi connectivity index (χ0) is 17.8. The van der Waals surface area contributed by atoms with E-state index in [0.717, 1.165) is 23.8 Å². The molecule has 4 heteroatoms. The number of fused-ring (bicyclic) bond motifs is 1. The third kappa shape index (κ3) is 4.02. The first-order chi connectivity index (χ1) is 12.1. The maximum absolute atomic E-state index is 5.74. The molecule has 3 nitrogen and oxygen atoms in total. The van der Waals surface area contributed by atoms with Gasteiger partial charge in [-0.25, -0.2) is 0 Å². The monoisotopic (exact) mass is 351 g/mol. The number of hydrogen-bond donors (Lipinski definition) is 2. The third-order valence-electron chi connectivity index (χ3n) is 4.67. The molecule has 0 saturated heterocycles. The fourth-order valence-corrected chi connectivity index (χ4v) is 3.37. The van der Waals surface area contributed by atoms with Gasteiger partial charge in [-0.2, -0.15) is 0 Å². The van der Waals surface area contributed by atoms with Crippen LogP contribution in [0.25, 0.3) is 10.9 Å². The highest BCUT2D eigenvalue weighted by Crippen LogP contribution is 2.22. The summed E-state index contributed by atoms with van der Waals surface area (Å²) in [6, 6.07) is 17.1. The van der Waals surface area contributed by atoms with Crippen LogP contribution in [0.2, 0.25) is 0 Å². The summed E-state index contributed by atoms with van der Waals surface area (Å²) < 4.78 is 0. The lowest BCUT2D eigenvalue weighted by molar-refractivity contribution is 0.321. The molecule has 0 spiro atoms. The Morgan fingerprint density at radius 3 is 2.76 bits per heavy atom. The van der Waals surface area contributed by atoms with E-state index >= 15 is 0 Å². The summed E-state index contributed by atoms with van der Waals surface area (Å²) in [7, 11) is 0. The Morgan fingerprint density at radius 1 is 1.20 bits per heavy atom. The van der Waals surface area contributed by atoms with E-state index < -0.39 is 0 Å². The van der Waals surface area contributed by atoms with Crippen LogP contribution in [0.4, 0.5) is 5.69 Å². The van der Waals surface area contributed by atoms with Crippen molar-refractivity contribution in [3.05, 3.63) is 65.9 Å². The van der Waals surface area contributed by atoms with Gasteiger partial charge in [0.15, 0.2) is 5.11 Å². The van der Waals surface area contributed by atoms with Gasteiger partial charge in [0.1, 0.15) is 0 Å². The summed E-state index contributed by atoms with van der Waals surface area (Å²) in [5.41, 5.74) is 4.69. The third-order valence-corrected chi connectivity index (χ3v) is 5.01. The number of nitrogens with one attached hydrogen (secondary N) is 2. The van der Waals surface area contributed by atoms with E-state index in [9.17, 15) is 0 Å². The van der Waals surface area contributed by atoms with E-state index in [4.69, 9.17) is 12.2 Å². The molecule has 0 saturated carbocycles. The molecular weight excluding hydrogens is 326 g/mol. The number of rotatable bonds is 5. The lowest BCUT2D eigenvalue weighted by atomic mass is 10.1. The van der Waals surface area contributed by atoms with Gasteiger partial charge in [0.05, 0.1) is 0 Å². The SMILES string of the molecule is CC[C@@H](C)N(Cc1c[nH]c2ccccc12)C(=S)Nc1cccc(C)c1. The minimum absolute atomic E-state index is 0.360. The second-order valence-electron chi connectivity index (χ2n) is 6.54. The molecule has 3 rings (SSSR count). The number of nitrogens with zero attached hydrogens (tertiary/aromatic N) is 1. The van der Waals surface area contributed by atoms with E-state index in [1.165, 1.54) is 22.0 Å². The second kappa shape index (κ2) is 7.70. The largest absolute Gasteiger partial charge is 0.361 e. The van der Waals surface area contributed by atoms with Crippen molar-refractivity contribution in [3.8, 4) is 0 Å². The van der Waals surface area contributed by atoms with Gasteiger partial charge in [-0.15, -0.1) is 0 Å². The van der Waals surface area contributed by atoms with Gasteiger partial charge in [0.2, 0.25) is 0 Å². The van der Waals surface area contributed by atoms with Crippen molar-refractivity contribution in [2.75, 3.05) is 5.32 Å². The molecule has 130 valence electrons. The van der Waals surface area contributed by atoms with Crippen LogP contribution >= 0.6 is 12.2 Å². The number of thiocarbonyl (C=S) groups is 1. The Hall–Kier alpha value is -2.33. The number of hydrogen-bond acceptors (Lipinski definition) is 1. The van der Waals surface area contributed by atoms with Gasteiger partial charge >= 0.3 is 0 Å². The highest BCUT2D eigenvalue weighted by atomic mass is 32.1. The van der Waals surface area contributed by atoms with Crippen molar-refractivity contribution < 1.29 is 0 Å². The quantitative estimate of drug-likeness (QED) is 0.597. The highest BCUT2D eigenvalue weighted by molar-refractivity contribution is 7.80. The van der Waals surface area contributed by atoms with Gasteiger partial charge in [0, 0.05) is 35.4 Å². The van der Waals surface area contributed by atoms with E-state index in [-0.39, 0.29) is 0 Å². The molecule has 0 fully saturated rings. The van der Waals surface area contributed by atoms with Crippen molar-refractivity contribution in [1.82, 2.24) is 9.88 Å². The molecule has 0 aliphatic carbocycles. The number of anilines is 1. The second-order valence-corrected chi connectivity index (χ2v) is 6.93. The first kappa shape index (κ1) is 17.5. The normalized spacial score (nSPS) is 12.1. The number of aromatic nitrogens is 1. The number of benzene rings is 2. The van der Waals surface area contributed by atoms with Crippen LogP contribution < -0.4 is 5.32 Å². The van der Waals surface area contributed by atoms with Gasteiger partial charge in [0.25, 0.3) is 0 Å². The van der Waals surface area contributed by atoms with Crippen LogP contribution in [0, 0.1) is 6.92 Å². The van der Waals surface area contributed by atoms with Crippen molar-refractivity contribution in [1.29, 1.82) is 0 Å². The zero-order valence-corrected chi connectivity index (χ0v) is 15.9. The molecule has 0 radical (unpaired) electrons. The Balaban J connectivity index is 1.83. The Kier molecular flexibility index (Phi) is 5.39. The molecule has 3 aromatic rings. The average molecular weight is 352 g/mol. The average Bonchev–Trinajstić information content (AvgIpc) is 3.02. The smallest absolute Gasteiger partial charge is 0.173 e. The fourth-order valence-electron chi connectivity index (χ4n) is 3.01. The van der Waals surface area contributed by atoms with Crippen LogP contribution in [0.5, 0.6) is 0 Å². The summed E-state index contributed by atoms with van der Waals surface area (Å²) in [5, 5.41) is 5.43. The standard InChI is InChI=1S/C21H25N3S/c1-4-16(3)24(21(25)23-18-9-7-8-15(2)12-18)14-17-13-22-20-11-6-5-10-19(17)20/h5-13,16,22H,4,14H2,1-3H3,(H,23,25)/t16-/m1/s1. The molecule has 2 N–H and O–H groups in total.